The average molecular weight is 282 g/mol. The van der Waals surface area contributed by atoms with E-state index in [-0.39, 0.29) is 25.1 Å². The number of nitrogens with zero attached hydrogens (tertiary/aromatic N) is 1. The zero-order valence-electron chi connectivity index (χ0n) is 10.6. The van der Waals surface area contributed by atoms with Gasteiger partial charge in [0.15, 0.2) is 6.61 Å². The fraction of sp³-hybridized carbons (Fsp3) is 0.385. The Morgan fingerprint density at radius 2 is 2.37 bits per heavy atom. The van der Waals surface area contributed by atoms with Crippen molar-refractivity contribution in [2.75, 3.05) is 13.2 Å². The number of carbonyl (C=O) groups excluding carboxylic acids is 1. The first kappa shape index (κ1) is 15.3. The van der Waals surface area contributed by atoms with Gasteiger partial charge in [-0.05, 0) is 37.1 Å². The van der Waals surface area contributed by atoms with E-state index in [1.54, 1.807) is 18.2 Å². The molecule has 19 heavy (non-hydrogen) atoms. The summed E-state index contributed by atoms with van der Waals surface area (Å²) in [6.07, 6.45) is 0.607. The number of nitrogens with one attached hydrogen (secondary N) is 1. The van der Waals surface area contributed by atoms with Crippen LogP contribution in [0.15, 0.2) is 18.2 Å². The third-order valence-electron chi connectivity index (χ3n) is 2.29. The maximum absolute atomic E-state index is 11.3. The molecule has 1 aromatic carbocycles. The lowest BCUT2D eigenvalue weighted by Gasteiger charge is -2.13. The standard InChI is InChI=1S/C13H16ClN3O2/c1-9(16)6-10-7-11(14)2-3-12(10)19-8-13(18)17-5-4-15/h2-3,7,9H,5-6,8,16H2,1H3,(H,17,18). The van der Waals surface area contributed by atoms with E-state index in [1.165, 1.54) is 0 Å². The second-order valence-corrected chi connectivity index (χ2v) is 4.59. The lowest BCUT2D eigenvalue weighted by molar-refractivity contribution is -0.122. The van der Waals surface area contributed by atoms with Crippen LogP contribution in [0.2, 0.25) is 5.02 Å². The summed E-state index contributed by atoms with van der Waals surface area (Å²) < 4.78 is 5.42. The number of hydrogen-bond donors (Lipinski definition) is 2. The molecule has 102 valence electrons. The van der Waals surface area contributed by atoms with Crippen LogP contribution in [0.4, 0.5) is 0 Å². The molecule has 0 bridgehead atoms. The molecule has 0 aliphatic heterocycles. The molecular weight excluding hydrogens is 266 g/mol. The number of ether oxygens (including phenoxy) is 1. The largest absolute Gasteiger partial charge is 0.483 e. The molecular formula is C13H16ClN3O2. The molecule has 0 saturated heterocycles. The molecule has 1 rings (SSSR count). The number of amides is 1. The van der Waals surface area contributed by atoms with Crippen molar-refractivity contribution in [2.45, 2.75) is 19.4 Å². The second-order valence-electron chi connectivity index (χ2n) is 4.16. The molecule has 0 saturated carbocycles. The van der Waals surface area contributed by atoms with Crippen molar-refractivity contribution in [3.63, 3.8) is 0 Å². The Hall–Kier alpha value is -1.77. The Bertz CT molecular complexity index is 483. The van der Waals surface area contributed by atoms with Crippen molar-refractivity contribution < 1.29 is 9.53 Å². The summed E-state index contributed by atoms with van der Waals surface area (Å²) in [4.78, 5) is 11.3. The van der Waals surface area contributed by atoms with Gasteiger partial charge in [-0.15, -0.1) is 0 Å². The van der Waals surface area contributed by atoms with Crippen LogP contribution in [0, 0.1) is 11.3 Å². The smallest absolute Gasteiger partial charge is 0.258 e. The SMILES string of the molecule is CC(N)Cc1cc(Cl)ccc1OCC(=O)NCC#N. The van der Waals surface area contributed by atoms with Crippen LogP contribution < -0.4 is 15.8 Å². The molecule has 0 aromatic heterocycles. The number of hydrogen-bond acceptors (Lipinski definition) is 4. The van der Waals surface area contributed by atoms with Gasteiger partial charge in [-0.1, -0.05) is 11.6 Å². The fourth-order valence-corrected chi connectivity index (χ4v) is 1.72. The molecule has 1 unspecified atom stereocenters. The summed E-state index contributed by atoms with van der Waals surface area (Å²) in [5.41, 5.74) is 6.61. The topological polar surface area (TPSA) is 88.1 Å². The zero-order valence-corrected chi connectivity index (χ0v) is 11.4. The Labute approximate surface area is 117 Å². The van der Waals surface area contributed by atoms with Crippen LogP contribution >= 0.6 is 11.6 Å². The van der Waals surface area contributed by atoms with Crippen molar-refractivity contribution >= 4 is 17.5 Å². The van der Waals surface area contributed by atoms with E-state index in [2.05, 4.69) is 5.32 Å². The Kier molecular flexibility index (Phi) is 6.13. The molecule has 1 atom stereocenters. The van der Waals surface area contributed by atoms with Crippen molar-refractivity contribution in [1.29, 1.82) is 5.26 Å². The summed E-state index contributed by atoms with van der Waals surface area (Å²) >= 11 is 5.92. The van der Waals surface area contributed by atoms with Gasteiger partial charge in [-0.25, -0.2) is 0 Å². The van der Waals surface area contributed by atoms with Crippen LogP contribution in [0.1, 0.15) is 12.5 Å². The molecule has 5 nitrogen and oxygen atoms in total. The van der Waals surface area contributed by atoms with Crippen LogP contribution in [0.3, 0.4) is 0 Å². The molecule has 0 aliphatic carbocycles. The van der Waals surface area contributed by atoms with Crippen molar-refractivity contribution in [2.24, 2.45) is 5.73 Å². The van der Waals surface area contributed by atoms with E-state index < -0.39 is 0 Å². The van der Waals surface area contributed by atoms with Crippen LogP contribution in [0.5, 0.6) is 5.75 Å². The monoisotopic (exact) mass is 281 g/mol. The highest BCUT2D eigenvalue weighted by molar-refractivity contribution is 6.30. The normalized spacial score (nSPS) is 11.5. The van der Waals surface area contributed by atoms with E-state index in [0.717, 1.165) is 5.56 Å². The second kappa shape index (κ2) is 7.62. The molecule has 0 radical (unpaired) electrons. The maximum Gasteiger partial charge on any atom is 0.258 e. The lowest BCUT2D eigenvalue weighted by atomic mass is 10.1. The molecule has 3 N–H and O–H groups in total. The predicted octanol–water partition coefficient (Wildman–Crippen LogP) is 1.25. The first-order valence-corrected chi connectivity index (χ1v) is 6.21. The Morgan fingerprint density at radius 3 is 3.00 bits per heavy atom. The molecule has 0 spiro atoms. The van der Waals surface area contributed by atoms with Gasteiger partial charge in [0, 0.05) is 11.1 Å². The molecule has 0 fully saturated rings. The van der Waals surface area contributed by atoms with E-state index in [1.807, 2.05) is 13.0 Å². The average Bonchev–Trinajstić information content (AvgIpc) is 2.34. The first-order chi connectivity index (χ1) is 9.02. The molecule has 1 aromatic rings. The van der Waals surface area contributed by atoms with Gasteiger partial charge in [-0.3, -0.25) is 4.79 Å². The summed E-state index contributed by atoms with van der Waals surface area (Å²) in [5, 5.41) is 11.3. The fourth-order valence-electron chi connectivity index (χ4n) is 1.53. The van der Waals surface area contributed by atoms with Gasteiger partial charge in [-0.2, -0.15) is 5.26 Å². The Balaban J connectivity index is 2.67. The minimum Gasteiger partial charge on any atom is -0.483 e. The number of benzene rings is 1. The number of nitriles is 1. The maximum atomic E-state index is 11.3. The van der Waals surface area contributed by atoms with E-state index >= 15 is 0 Å². The minimum atomic E-state index is -0.344. The number of halogens is 1. The Morgan fingerprint density at radius 1 is 1.63 bits per heavy atom. The zero-order chi connectivity index (χ0) is 14.3. The third kappa shape index (κ3) is 5.60. The molecule has 0 aliphatic rings. The van der Waals surface area contributed by atoms with Gasteiger partial charge in [0.1, 0.15) is 12.3 Å². The van der Waals surface area contributed by atoms with E-state index in [4.69, 9.17) is 27.3 Å². The predicted molar refractivity (Wildman–Crippen MR) is 72.9 cm³/mol. The highest BCUT2D eigenvalue weighted by Crippen LogP contribution is 2.24. The summed E-state index contributed by atoms with van der Waals surface area (Å²) in [5.74, 6) is 0.233. The highest BCUT2D eigenvalue weighted by Gasteiger charge is 2.09. The van der Waals surface area contributed by atoms with Crippen molar-refractivity contribution in [3.8, 4) is 11.8 Å². The number of nitrogens with two attached hydrogens (primary N) is 1. The summed E-state index contributed by atoms with van der Waals surface area (Å²) in [6, 6.07) is 6.95. The van der Waals surface area contributed by atoms with Crippen molar-refractivity contribution in [3.05, 3.63) is 28.8 Å². The van der Waals surface area contributed by atoms with Gasteiger partial charge >= 0.3 is 0 Å². The highest BCUT2D eigenvalue weighted by atomic mass is 35.5. The molecule has 0 heterocycles. The summed E-state index contributed by atoms with van der Waals surface area (Å²) in [6.45, 7) is 1.70. The van der Waals surface area contributed by atoms with Gasteiger partial charge in [0.25, 0.3) is 5.91 Å². The van der Waals surface area contributed by atoms with Crippen LogP contribution in [-0.2, 0) is 11.2 Å². The van der Waals surface area contributed by atoms with Crippen molar-refractivity contribution in [1.82, 2.24) is 5.32 Å². The van der Waals surface area contributed by atoms with Crippen LogP contribution in [0.25, 0.3) is 0 Å². The number of rotatable bonds is 6. The van der Waals surface area contributed by atoms with Gasteiger partial charge < -0.3 is 15.8 Å². The lowest BCUT2D eigenvalue weighted by Crippen LogP contribution is -2.29. The van der Waals surface area contributed by atoms with E-state index in [0.29, 0.717) is 17.2 Å². The quantitative estimate of drug-likeness (QED) is 0.768. The third-order valence-corrected chi connectivity index (χ3v) is 2.52. The van der Waals surface area contributed by atoms with E-state index in [9.17, 15) is 4.79 Å². The minimum absolute atomic E-state index is 0.0322. The van der Waals surface area contributed by atoms with Gasteiger partial charge in [0.05, 0.1) is 6.07 Å². The molecule has 6 heteroatoms. The van der Waals surface area contributed by atoms with Crippen LogP contribution in [-0.4, -0.2) is 25.1 Å². The van der Waals surface area contributed by atoms with Gasteiger partial charge in [0.2, 0.25) is 0 Å². The number of carbonyl (C=O) groups is 1. The summed E-state index contributed by atoms with van der Waals surface area (Å²) in [7, 11) is 0. The molecule has 1 amide bonds. The first-order valence-electron chi connectivity index (χ1n) is 5.83.